The van der Waals surface area contributed by atoms with Gasteiger partial charge in [0.25, 0.3) is 0 Å². The Bertz CT molecular complexity index is 872. The minimum Gasteiger partial charge on any atom is -0.453 e. The average molecular weight is 372 g/mol. The standard InChI is InChI=1S/C19H21FN4O3/c1-27-19(26)23-12-6-7-13-11-8-14(18(20)22-10-11)15(21)4-2-3-5-17(25)24-16(13)9-12/h6-10,15H,2-5,21H2,1H3,(H,23,26)(H,24,25)/t15-/m0/s1. The fraction of sp³-hybridized carbons (Fsp3) is 0.316. The number of amides is 2. The molecule has 0 spiro atoms. The Morgan fingerprint density at radius 3 is 2.96 bits per heavy atom. The number of hydrogen-bond acceptors (Lipinski definition) is 5. The number of halogens is 1. The van der Waals surface area contributed by atoms with Gasteiger partial charge in [0.05, 0.1) is 12.8 Å². The van der Waals surface area contributed by atoms with Gasteiger partial charge in [0.15, 0.2) is 0 Å². The number of rotatable bonds is 1. The van der Waals surface area contributed by atoms with Crippen LogP contribution in [0.2, 0.25) is 0 Å². The van der Waals surface area contributed by atoms with E-state index in [4.69, 9.17) is 5.73 Å². The number of nitrogens with two attached hydrogens (primary N) is 1. The second-order valence-corrected chi connectivity index (χ2v) is 6.38. The first-order valence-electron chi connectivity index (χ1n) is 8.68. The van der Waals surface area contributed by atoms with Crippen LogP contribution in [0, 0.1) is 5.95 Å². The molecule has 2 bridgehead atoms. The maximum atomic E-state index is 14.1. The van der Waals surface area contributed by atoms with Crippen molar-refractivity contribution >= 4 is 23.4 Å². The van der Waals surface area contributed by atoms with Gasteiger partial charge < -0.3 is 15.8 Å². The fourth-order valence-corrected chi connectivity index (χ4v) is 3.04. The van der Waals surface area contributed by atoms with Gasteiger partial charge in [-0.05, 0) is 31.0 Å². The lowest BCUT2D eigenvalue weighted by Gasteiger charge is -2.18. The number of nitrogens with one attached hydrogen (secondary N) is 2. The van der Waals surface area contributed by atoms with E-state index in [1.165, 1.54) is 13.3 Å². The van der Waals surface area contributed by atoms with Crippen molar-refractivity contribution in [1.29, 1.82) is 0 Å². The fourth-order valence-electron chi connectivity index (χ4n) is 3.04. The molecule has 2 amide bonds. The van der Waals surface area contributed by atoms with Gasteiger partial charge in [0.1, 0.15) is 0 Å². The first-order valence-corrected chi connectivity index (χ1v) is 8.68. The Morgan fingerprint density at radius 2 is 2.19 bits per heavy atom. The van der Waals surface area contributed by atoms with Crippen molar-refractivity contribution in [2.45, 2.75) is 31.7 Å². The molecule has 0 unspecified atom stereocenters. The molecule has 2 heterocycles. The number of aromatic nitrogens is 1. The smallest absolute Gasteiger partial charge is 0.411 e. The monoisotopic (exact) mass is 372 g/mol. The average Bonchev–Trinajstić information content (AvgIpc) is 2.65. The second kappa shape index (κ2) is 8.13. The molecular weight excluding hydrogens is 351 g/mol. The van der Waals surface area contributed by atoms with Gasteiger partial charge in [-0.15, -0.1) is 0 Å². The molecule has 8 heteroatoms. The van der Waals surface area contributed by atoms with E-state index in [9.17, 15) is 14.0 Å². The van der Waals surface area contributed by atoms with Gasteiger partial charge in [-0.3, -0.25) is 10.1 Å². The largest absolute Gasteiger partial charge is 0.453 e. The Balaban J connectivity index is 2.08. The van der Waals surface area contributed by atoms with Crippen molar-refractivity contribution in [2.24, 2.45) is 5.73 Å². The number of anilines is 2. The number of carbonyl (C=O) groups excluding carboxylic acids is 2. The van der Waals surface area contributed by atoms with Crippen LogP contribution in [0.3, 0.4) is 0 Å². The molecule has 3 rings (SSSR count). The van der Waals surface area contributed by atoms with Crippen LogP contribution in [0.25, 0.3) is 11.1 Å². The molecule has 0 saturated carbocycles. The van der Waals surface area contributed by atoms with E-state index in [1.807, 2.05) is 0 Å². The van der Waals surface area contributed by atoms with Crippen LogP contribution in [0.5, 0.6) is 0 Å². The predicted molar refractivity (Wildman–Crippen MR) is 99.7 cm³/mol. The van der Waals surface area contributed by atoms with Crippen molar-refractivity contribution in [1.82, 2.24) is 4.98 Å². The number of carbonyl (C=O) groups is 2. The highest BCUT2D eigenvalue weighted by Crippen LogP contribution is 2.33. The van der Waals surface area contributed by atoms with Crippen LogP contribution >= 0.6 is 0 Å². The second-order valence-electron chi connectivity index (χ2n) is 6.38. The number of methoxy groups -OCH3 is 1. The molecule has 1 aromatic carbocycles. The summed E-state index contributed by atoms with van der Waals surface area (Å²) in [6.07, 6.45) is 3.03. The minimum atomic E-state index is -0.619. The van der Waals surface area contributed by atoms with Crippen LogP contribution in [-0.2, 0) is 9.53 Å². The lowest BCUT2D eigenvalue weighted by Crippen LogP contribution is -2.16. The Kier molecular flexibility index (Phi) is 5.66. The molecule has 1 aromatic heterocycles. The summed E-state index contributed by atoms with van der Waals surface area (Å²) < 4.78 is 18.7. The van der Waals surface area contributed by atoms with Crippen molar-refractivity contribution in [2.75, 3.05) is 17.7 Å². The highest BCUT2D eigenvalue weighted by molar-refractivity contribution is 5.97. The molecule has 0 radical (unpaired) electrons. The highest BCUT2D eigenvalue weighted by atomic mass is 19.1. The number of benzene rings is 1. The third-order valence-corrected chi connectivity index (χ3v) is 4.47. The Hall–Kier alpha value is -3.00. The van der Waals surface area contributed by atoms with Crippen LogP contribution < -0.4 is 16.4 Å². The summed E-state index contributed by atoms with van der Waals surface area (Å²) in [6.45, 7) is 0. The summed E-state index contributed by atoms with van der Waals surface area (Å²) in [7, 11) is 1.26. The zero-order valence-electron chi connectivity index (χ0n) is 14.9. The van der Waals surface area contributed by atoms with E-state index < -0.39 is 18.1 Å². The molecule has 27 heavy (non-hydrogen) atoms. The molecule has 0 aliphatic carbocycles. The third-order valence-electron chi connectivity index (χ3n) is 4.47. The van der Waals surface area contributed by atoms with Crippen LogP contribution in [0.15, 0.2) is 30.5 Å². The normalized spacial score (nSPS) is 17.0. The minimum absolute atomic E-state index is 0.143. The molecule has 4 N–H and O–H groups in total. The first-order chi connectivity index (χ1) is 13.0. The number of pyridine rings is 1. The van der Waals surface area contributed by atoms with Gasteiger partial charge in [-0.25, -0.2) is 9.78 Å². The maximum absolute atomic E-state index is 14.1. The number of fused-ring (bicyclic) bond motifs is 4. The molecule has 7 nitrogen and oxygen atoms in total. The summed E-state index contributed by atoms with van der Waals surface area (Å²) in [4.78, 5) is 27.6. The van der Waals surface area contributed by atoms with Gasteiger partial charge >= 0.3 is 6.09 Å². The van der Waals surface area contributed by atoms with Crippen LogP contribution in [-0.4, -0.2) is 24.1 Å². The maximum Gasteiger partial charge on any atom is 0.411 e. The molecular formula is C19H21FN4O3. The third kappa shape index (κ3) is 4.40. The van der Waals surface area contributed by atoms with Crippen molar-refractivity contribution < 1.29 is 18.7 Å². The summed E-state index contributed by atoms with van der Waals surface area (Å²) >= 11 is 0. The van der Waals surface area contributed by atoms with E-state index in [0.717, 1.165) is 0 Å². The summed E-state index contributed by atoms with van der Waals surface area (Å²) in [5.74, 6) is -0.728. The Morgan fingerprint density at radius 1 is 1.37 bits per heavy atom. The van der Waals surface area contributed by atoms with Gasteiger partial charge in [-0.1, -0.05) is 12.5 Å². The van der Waals surface area contributed by atoms with E-state index in [-0.39, 0.29) is 5.91 Å². The SMILES string of the molecule is COC(=O)Nc1ccc2c(c1)NC(=O)CCCC[C@H](N)c1cc-2cnc1F. The van der Waals surface area contributed by atoms with E-state index in [2.05, 4.69) is 20.4 Å². The summed E-state index contributed by atoms with van der Waals surface area (Å²) in [5.41, 5.74) is 8.70. The van der Waals surface area contributed by atoms with E-state index in [0.29, 0.717) is 53.7 Å². The zero-order valence-corrected chi connectivity index (χ0v) is 14.9. The lowest BCUT2D eigenvalue weighted by atomic mass is 9.97. The lowest BCUT2D eigenvalue weighted by molar-refractivity contribution is -0.116. The quantitative estimate of drug-likeness (QED) is 0.664. The van der Waals surface area contributed by atoms with E-state index in [1.54, 1.807) is 24.3 Å². The van der Waals surface area contributed by atoms with Crippen LogP contribution in [0.1, 0.15) is 37.3 Å². The van der Waals surface area contributed by atoms with Gasteiger partial charge in [0.2, 0.25) is 11.9 Å². The van der Waals surface area contributed by atoms with Crippen molar-refractivity contribution in [3.05, 3.63) is 42.0 Å². The van der Waals surface area contributed by atoms with Crippen molar-refractivity contribution in [3.8, 4) is 11.1 Å². The molecule has 1 aliphatic rings. The van der Waals surface area contributed by atoms with Crippen LogP contribution in [0.4, 0.5) is 20.6 Å². The molecule has 0 saturated heterocycles. The molecule has 1 aliphatic heterocycles. The summed E-state index contributed by atoms with van der Waals surface area (Å²) in [6, 6.07) is 6.18. The number of nitrogens with zero attached hydrogens (tertiary/aromatic N) is 1. The predicted octanol–water partition coefficient (Wildman–Crippen LogP) is 3.58. The highest BCUT2D eigenvalue weighted by Gasteiger charge is 2.18. The van der Waals surface area contributed by atoms with E-state index >= 15 is 0 Å². The van der Waals surface area contributed by atoms with Crippen molar-refractivity contribution in [3.63, 3.8) is 0 Å². The van der Waals surface area contributed by atoms with Gasteiger partial charge in [-0.2, -0.15) is 4.39 Å². The molecule has 1 atom stereocenters. The molecule has 0 fully saturated rings. The first kappa shape index (κ1) is 18.8. The zero-order chi connectivity index (χ0) is 19.4. The Labute approximate surface area is 156 Å². The number of ether oxygens (including phenoxy) is 1. The number of hydrogen-bond donors (Lipinski definition) is 3. The topological polar surface area (TPSA) is 106 Å². The van der Waals surface area contributed by atoms with Gasteiger partial charge in [0, 0.05) is 41.0 Å². The molecule has 142 valence electrons. The molecule has 2 aromatic rings. The summed E-state index contributed by atoms with van der Waals surface area (Å²) in [5, 5.41) is 5.42.